The van der Waals surface area contributed by atoms with Crippen LogP contribution < -0.4 is 0 Å². The summed E-state index contributed by atoms with van der Waals surface area (Å²) in [7, 11) is 0. The summed E-state index contributed by atoms with van der Waals surface area (Å²) >= 11 is 0. The fraction of sp³-hybridized carbons (Fsp3) is 0.357. The third-order valence-electron chi connectivity index (χ3n) is 6.59. The van der Waals surface area contributed by atoms with Gasteiger partial charge in [-0.2, -0.15) is 10.2 Å². The first-order chi connectivity index (χ1) is 17.4. The Labute approximate surface area is 208 Å². The number of aromatic nitrogens is 4. The SMILES string of the molecule is Cc1nn(CC2CC2)cc1Cc1cc(C(F)F)nn1-c1ccc(F)cc1[C@@H](C)OCc1ccccc1. The number of nitrogens with zero attached hydrogens (tertiary/aromatic N) is 4. The van der Waals surface area contributed by atoms with Gasteiger partial charge in [-0.05, 0) is 68.0 Å². The van der Waals surface area contributed by atoms with Gasteiger partial charge in [-0.25, -0.2) is 17.9 Å². The molecule has 2 aromatic carbocycles. The Morgan fingerprint density at radius 2 is 1.83 bits per heavy atom. The highest BCUT2D eigenvalue weighted by Crippen LogP contribution is 2.32. The van der Waals surface area contributed by atoms with Crippen LogP contribution in [0.1, 0.15) is 66.1 Å². The zero-order chi connectivity index (χ0) is 25.2. The van der Waals surface area contributed by atoms with E-state index in [0.717, 1.165) is 23.4 Å². The lowest BCUT2D eigenvalue weighted by Crippen LogP contribution is -2.11. The second-order valence-electron chi connectivity index (χ2n) is 9.50. The van der Waals surface area contributed by atoms with Crippen molar-refractivity contribution in [2.45, 2.75) is 58.8 Å². The molecule has 1 aliphatic rings. The maximum atomic E-state index is 14.3. The Morgan fingerprint density at radius 3 is 2.56 bits per heavy atom. The van der Waals surface area contributed by atoms with E-state index in [4.69, 9.17) is 4.74 Å². The molecule has 4 aromatic rings. The lowest BCUT2D eigenvalue weighted by molar-refractivity contribution is 0.0522. The molecule has 2 aromatic heterocycles. The Bertz CT molecular complexity index is 1330. The minimum absolute atomic E-state index is 0.318. The van der Waals surface area contributed by atoms with Crippen molar-refractivity contribution in [2.75, 3.05) is 0 Å². The average molecular weight is 495 g/mol. The van der Waals surface area contributed by atoms with E-state index in [0.29, 0.717) is 35.9 Å². The number of hydrogen-bond donors (Lipinski definition) is 0. The summed E-state index contributed by atoms with van der Waals surface area (Å²) in [5.74, 6) is 0.246. The maximum Gasteiger partial charge on any atom is 0.282 e. The summed E-state index contributed by atoms with van der Waals surface area (Å²) in [4.78, 5) is 0. The quantitative estimate of drug-likeness (QED) is 0.245. The summed E-state index contributed by atoms with van der Waals surface area (Å²) in [6.45, 7) is 4.97. The number of benzene rings is 2. The first-order valence-corrected chi connectivity index (χ1v) is 12.2. The lowest BCUT2D eigenvalue weighted by atomic mass is 10.1. The molecular formula is C28H29F3N4O. The zero-order valence-corrected chi connectivity index (χ0v) is 20.4. The van der Waals surface area contributed by atoms with Crippen LogP contribution >= 0.6 is 0 Å². The van der Waals surface area contributed by atoms with Crippen molar-refractivity contribution >= 4 is 0 Å². The number of ether oxygens (including phenoxy) is 1. The average Bonchev–Trinajstić information content (AvgIpc) is 3.47. The Balaban J connectivity index is 1.47. The van der Waals surface area contributed by atoms with Crippen LogP contribution in [0.2, 0.25) is 0 Å². The number of rotatable bonds is 10. The Hall–Kier alpha value is -3.39. The largest absolute Gasteiger partial charge is 0.369 e. The monoisotopic (exact) mass is 494 g/mol. The third kappa shape index (κ3) is 5.54. The van der Waals surface area contributed by atoms with E-state index in [-0.39, 0.29) is 5.69 Å². The number of hydrogen-bond acceptors (Lipinski definition) is 3. The van der Waals surface area contributed by atoms with E-state index in [9.17, 15) is 13.2 Å². The summed E-state index contributed by atoms with van der Waals surface area (Å²) in [6, 6.07) is 15.4. The van der Waals surface area contributed by atoms with Gasteiger partial charge in [0.15, 0.2) is 0 Å². The van der Waals surface area contributed by atoms with Gasteiger partial charge in [0.2, 0.25) is 0 Å². The van der Waals surface area contributed by atoms with Gasteiger partial charge in [0.25, 0.3) is 6.43 Å². The minimum atomic E-state index is -2.72. The highest BCUT2D eigenvalue weighted by molar-refractivity contribution is 5.44. The molecule has 0 unspecified atom stereocenters. The Morgan fingerprint density at radius 1 is 1.06 bits per heavy atom. The van der Waals surface area contributed by atoms with Gasteiger partial charge in [-0.1, -0.05) is 30.3 Å². The summed E-state index contributed by atoms with van der Waals surface area (Å²) in [5, 5.41) is 8.83. The first-order valence-electron chi connectivity index (χ1n) is 12.2. The van der Waals surface area contributed by atoms with Crippen molar-refractivity contribution in [3.05, 3.63) is 100 Å². The smallest absolute Gasteiger partial charge is 0.282 e. The number of halogens is 3. The van der Waals surface area contributed by atoms with Crippen LogP contribution in [-0.4, -0.2) is 19.6 Å². The minimum Gasteiger partial charge on any atom is -0.369 e. The van der Waals surface area contributed by atoms with Crippen molar-refractivity contribution in [1.82, 2.24) is 19.6 Å². The van der Waals surface area contributed by atoms with Crippen molar-refractivity contribution < 1.29 is 17.9 Å². The third-order valence-corrected chi connectivity index (χ3v) is 6.59. The fourth-order valence-corrected chi connectivity index (χ4v) is 4.40. The van der Waals surface area contributed by atoms with Crippen molar-refractivity contribution in [3.63, 3.8) is 0 Å². The summed E-state index contributed by atoms with van der Waals surface area (Å²) in [5.41, 5.74) is 4.12. The normalized spacial score (nSPS) is 14.5. The number of aryl methyl sites for hydroxylation is 1. The Kier molecular flexibility index (Phi) is 6.96. The highest BCUT2D eigenvalue weighted by atomic mass is 19.3. The second kappa shape index (κ2) is 10.3. The molecule has 0 N–H and O–H groups in total. The van der Waals surface area contributed by atoms with Gasteiger partial charge in [-0.15, -0.1) is 0 Å². The van der Waals surface area contributed by atoms with Crippen LogP contribution in [0.5, 0.6) is 0 Å². The molecule has 2 heterocycles. The van der Waals surface area contributed by atoms with Gasteiger partial charge in [0.1, 0.15) is 11.5 Å². The molecular weight excluding hydrogens is 465 g/mol. The summed E-state index contributed by atoms with van der Waals surface area (Å²) in [6.07, 6.45) is 1.59. The van der Waals surface area contributed by atoms with Crippen LogP contribution in [0.25, 0.3) is 5.69 Å². The van der Waals surface area contributed by atoms with E-state index < -0.39 is 18.3 Å². The standard InChI is InChI=1S/C28H29F3N4O/c1-18-22(16-34(32-18)15-20-8-9-20)12-24-14-26(28(30)31)33-35(24)27-11-10-23(29)13-25(27)19(2)36-17-21-6-4-3-5-7-21/h3-7,10-11,13-14,16,19-20,28H,8-9,12,15,17H2,1-2H3/t19-/m1/s1. The zero-order valence-electron chi connectivity index (χ0n) is 20.4. The maximum absolute atomic E-state index is 14.3. The molecule has 0 amide bonds. The molecule has 0 radical (unpaired) electrons. The first kappa shape index (κ1) is 24.3. The van der Waals surface area contributed by atoms with Gasteiger partial charge in [0, 0.05) is 30.4 Å². The van der Waals surface area contributed by atoms with Crippen LogP contribution in [-0.2, 0) is 24.3 Å². The van der Waals surface area contributed by atoms with Crippen molar-refractivity contribution in [1.29, 1.82) is 0 Å². The van der Waals surface area contributed by atoms with Crippen LogP contribution in [0.4, 0.5) is 13.2 Å². The molecule has 188 valence electrons. The predicted octanol–water partition coefficient (Wildman–Crippen LogP) is 6.73. The molecule has 8 heteroatoms. The molecule has 1 saturated carbocycles. The molecule has 0 bridgehead atoms. The van der Waals surface area contributed by atoms with E-state index in [1.807, 2.05) is 55.1 Å². The van der Waals surface area contributed by atoms with Crippen LogP contribution in [0.3, 0.4) is 0 Å². The fourth-order valence-electron chi connectivity index (χ4n) is 4.40. The number of alkyl halides is 2. The van der Waals surface area contributed by atoms with E-state index in [1.54, 1.807) is 6.07 Å². The molecule has 36 heavy (non-hydrogen) atoms. The second-order valence-corrected chi connectivity index (χ2v) is 9.50. The molecule has 0 saturated heterocycles. The van der Waals surface area contributed by atoms with Gasteiger partial charge in [-0.3, -0.25) is 4.68 Å². The molecule has 1 fully saturated rings. The van der Waals surface area contributed by atoms with E-state index in [2.05, 4.69) is 10.2 Å². The topological polar surface area (TPSA) is 44.9 Å². The molecule has 5 rings (SSSR count). The van der Waals surface area contributed by atoms with Gasteiger partial charge < -0.3 is 4.74 Å². The van der Waals surface area contributed by atoms with Gasteiger partial charge in [0.05, 0.1) is 24.1 Å². The molecule has 0 spiro atoms. The highest BCUT2D eigenvalue weighted by Gasteiger charge is 2.24. The van der Waals surface area contributed by atoms with E-state index >= 15 is 0 Å². The van der Waals surface area contributed by atoms with Gasteiger partial charge >= 0.3 is 0 Å². The van der Waals surface area contributed by atoms with Crippen molar-refractivity contribution in [2.24, 2.45) is 5.92 Å². The molecule has 1 atom stereocenters. The molecule has 5 nitrogen and oxygen atoms in total. The lowest BCUT2D eigenvalue weighted by Gasteiger charge is -2.19. The predicted molar refractivity (Wildman–Crippen MR) is 131 cm³/mol. The summed E-state index contributed by atoms with van der Waals surface area (Å²) < 4.78 is 51.2. The van der Waals surface area contributed by atoms with Crippen molar-refractivity contribution in [3.8, 4) is 5.69 Å². The molecule has 0 aliphatic heterocycles. The van der Waals surface area contributed by atoms with E-state index in [1.165, 1.54) is 35.7 Å². The molecule has 1 aliphatic carbocycles. The van der Waals surface area contributed by atoms with Crippen LogP contribution in [0, 0.1) is 18.7 Å². The van der Waals surface area contributed by atoms with Crippen LogP contribution in [0.15, 0.2) is 60.8 Å².